The van der Waals surface area contributed by atoms with Crippen LogP contribution in [0.2, 0.25) is 5.02 Å². The highest BCUT2D eigenvalue weighted by Gasteiger charge is 2.08. The lowest BCUT2D eigenvalue weighted by atomic mass is 10.2. The van der Waals surface area contributed by atoms with Crippen LogP contribution in [-0.2, 0) is 0 Å². The maximum Gasteiger partial charge on any atom is 0.274 e. The van der Waals surface area contributed by atoms with E-state index in [0.29, 0.717) is 28.8 Å². The number of carbonyl (C=O) groups excluding carboxylic acids is 1. The Balaban J connectivity index is 1.63. The van der Waals surface area contributed by atoms with Crippen LogP contribution in [0.1, 0.15) is 17.4 Å². The van der Waals surface area contributed by atoms with E-state index in [9.17, 15) is 4.79 Å². The van der Waals surface area contributed by atoms with Crippen LogP contribution in [0.3, 0.4) is 0 Å². The number of pyridine rings is 1. The largest absolute Gasteiger partial charge is 0.495 e. The number of benzene rings is 2. The molecule has 6 nitrogen and oxygen atoms in total. The van der Waals surface area contributed by atoms with Crippen molar-refractivity contribution < 1.29 is 14.3 Å². The van der Waals surface area contributed by atoms with E-state index in [1.54, 1.807) is 61.8 Å². The Morgan fingerprint density at radius 2 is 1.75 bits per heavy atom. The number of hydrogen-bond acceptors (Lipinski definition) is 5. The van der Waals surface area contributed by atoms with Crippen molar-refractivity contribution in [2.45, 2.75) is 6.92 Å². The molecule has 0 bridgehead atoms. The third-order valence-corrected chi connectivity index (χ3v) is 4.16. The molecule has 1 amide bonds. The highest BCUT2D eigenvalue weighted by molar-refractivity contribution is 6.32. The summed E-state index contributed by atoms with van der Waals surface area (Å²) >= 11 is 6.13. The third kappa shape index (κ3) is 4.92. The summed E-state index contributed by atoms with van der Waals surface area (Å²) in [5.41, 5.74) is 2.51. The highest BCUT2D eigenvalue weighted by Crippen LogP contribution is 2.28. The molecule has 0 aliphatic heterocycles. The zero-order valence-corrected chi connectivity index (χ0v) is 16.3. The maximum absolute atomic E-state index is 12.4. The van der Waals surface area contributed by atoms with Crippen molar-refractivity contribution >= 4 is 34.6 Å². The van der Waals surface area contributed by atoms with Crippen molar-refractivity contribution in [2.24, 2.45) is 0 Å². The Kier molecular flexibility index (Phi) is 6.34. The van der Waals surface area contributed by atoms with Crippen molar-refractivity contribution in [2.75, 3.05) is 24.4 Å². The number of hydrogen-bond donors (Lipinski definition) is 2. The first-order chi connectivity index (χ1) is 13.6. The number of aromatic nitrogens is 1. The van der Waals surface area contributed by atoms with Gasteiger partial charge in [0.1, 0.15) is 17.2 Å². The molecule has 2 N–H and O–H groups in total. The second kappa shape index (κ2) is 9.10. The molecule has 7 heteroatoms. The Morgan fingerprint density at radius 3 is 2.36 bits per heavy atom. The van der Waals surface area contributed by atoms with Crippen molar-refractivity contribution in [1.29, 1.82) is 0 Å². The summed E-state index contributed by atoms with van der Waals surface area (Å²) in [5, 5.41) is 6.50. The maximum atomic E-state index is 12.4. The van der Waals surface area contributed by atoms with Crippen LogP contribution in [0, 0.1) is 0 Å². The summed E-state index contributed by atoms with van der Waals surface area (Å²) in [6.45, 7) is 2.52. The van der Waals surface area contributed by atoms with E-state index in [1.807, 2.05) is 13.0 Å². The predicted octanol–water partition coefficient (Wildman–Crippen LogP) is 5.14. The monoisotopic (exact) mass is 397 g/mol. The van der Waals surface area contributed by atoms with Gasteiger partial charge in [0.05, 0.1) is 30.6 Å². The summed E-state index contributed by atoms with van der Waals surface area (Å²) in [6.07, 6.45) is 1.59. The molecule has 0 atom stereocenters. The Hall–Kier alpha value is -3.25. The Morgan fingerprint density at radius 1 is 1.04 bits per heavy atom. The van der Waals surface area contributed by atoms with Gasteiger partial charge in [0, 0.05) is 11.4 Å². The van der Waals surface area contributed by atoms with Crippen LogP contribution in [0.25, 0.3) is 0 Å². The summed E-state index contributed by atoms with van der Waals surface area (Å²) in [7, 11) is 1.56. The molecule has 1 heterocycles. The zero-order chi connectivity index (χ0) is 19.9. The van der Waals surface area contributed by atoms with Crippen LogP contribution in [-0.4, -0.2) is 24.6 Å². The number of methoxy groups -OCH3 is 1. The molecule has 0 fully saturated rings. The van der Waals surface area contributed by atoms with Crippen LogP contribution in [0.5, 0.6) is 11.5 Å². The fourth-order valence-corrected chi connectivity index (χ4v) is 2.77. The lowest BCUT2D eigenvalue weighted by Crippen LogP contribution is -2.13. The van der Waals surface area contributed by atoms with Crippen molar-refractivity contribution in [1.82, 2.24) is 4.98 Å². The summed E-state index contributed by atoms with van der Waals surface area (Å²) < 4.78 is 10.5. The van der Waals surface area contributed by atoms with E-state index in [0.717, 1.165) is 17.1 Å². The zero-order valence-electron chi connectivity index (χ0n) is 15.5. The number of rotatable bonds is 7. The first kappa shape index (κ1) is 19.5. The van der Waals surface area contributed by atoms with E-state index in [-0.39, 0.29) is 5.91 Å². The Bertz CT molecular complexity index is 944. The van der Waals surface area contributed by atoms with Crippen LogP contribution >= 0.6 is 11.6 Å². The molecule has 0 saturated heterocycles. The molecule has 0 spiro atoms. The molecule has 1 aromatic heterocycles. The van der Waals surface area contributed by atoms with Gasteiger partial charge in [0.25, 0.3) is 5.91 Å². The normalized spacial score (nSPS) is 10.2. The minimum atomic E-state index is -0.289. The molecule has 0 saturated carbocycles. The molecule has 28 heavy (non-hydrogen) atoms. The predicted molar refractivity (Wildman–Crippen MR) is 111 cm³/mol. The molecule has 0 radical (unpaired) electrons. The third-order valence-electron chi connectivity index (χ3n) is 3.86. The van der Waals surface area contributed by atoms with Crippen LogP contribution < -0.4 is 20.1 Å². The van der Waals surface area contributed by atoms with Crippen LogP contribution in [0.4, 0.5) is 17.1 Å². The molecular weight excluding hydrogens is 378 g/mol. The number of ether oxygens (including phenoxy) is 2. The van der Waals surface area contributed by atoms with Gasteiger partial charge in [-0.25, -0.2) is 4.98 Å². The lowest BCUT2D eigenvalue weighted by molar-refractivity contribution is 0.102. The van der Waals surface area contributed by atoms with Crippen LogP contribution in [0.15, 0.2) is 60.8 Å². The topological polar surface area (TPSA) is 72.5 Å². The number of nitrogens with zero attached hydrogens (tertiary/aromatic N) is 1. The van der Waals surface area contributed by atoms with Gasteiger partial charge in [-0.3, -0.25) is 4.79 Å². The lowest BCUT2D eigenvalue weighted by Gasteiger charge is -2.10. The SMILES string of the molecule is CCOc1ccc(NC(=O)c2ccc(Nc3ccc(OC)c(Cl)c3)cn2)cc1. The molecule has 3 aromatic rings. The first-order valence-electron chi connectivity index (χ1n) is 8.70. The van der Waals surface area contributed by atoms with Gasteiger partial charge in [0.2, 0.25) is 0 Å². The van der Waals surface area contributed by atoms with E-state index in [2.05, 4.69) is 15.6 Å². The number of nitrogens with one attached hydrogen (secondary N) is 2. The second-order valence-electron chi connectivity index (χ2n) is 5.82. The standard InChI is InChI=1S/C21H20ClN3O3/c1-3-28-17-8-4-14(5-9-17)25-21(26)19-10-6-16(13-23-19)24-15-7-11-20(27-2)18(22)12-15/h4-13,24H,3H2,1-2H3,(H,25,26). The molecule has 0 aliphatic rings. The number of anilines is 3. The van der Waals surface area contributed by atoms with Gasteiger partial charge in [-0.2, -0.15) is 0 Å². The van der Waals surface area contributed by atoms with Gasteiger partial charge >= 0.3 is 0 Å². The van der Waals surface area contributed by atoms with Crippen molar-refractivity contribution in [3.63, 3.8) is 0 Å². The first-order valence-corrected chi connectivity index (χ1v) is 9.07. The van der Waals surface area contributed by atoms with E-state index in [4.69, 9.17) is 21.1 Å². The molecule has 0 unspecified atom stereocenters. The smallest absolute Gasteiger partial charge is 0.274 e. The average molecular weight is 398 g/mol. The fraction of sp³-hybridized carbons (Fsp3) is 0.143. The summed E-state index contributed by atoms with van der Waals surface area (Å²) in [4.78, 5) is 16.6. The fourth-order valence-electron chi connectivity index (χ4n) is 2.51. The summed E-state index contributed by atoms with van der Waals surface area (Å²) in [6, 6.07) is 16.0. The second-order valence-corrected chi connectivity index (χ2v) is 6.23. The summed E-state index contributed by atoms with van der Waals surface area (Å²) in [5.74, 6) is 1.07. The molecule has 3 rings (SSSR count). The van der Waals surface area contributed by atoms with Gasteiger partial charge in [-0.05, 0) is 61.5 Å². The molecule has 2 aromatic carbocycles. The molecule has 144 valence electrons. The number of carbonyl (C=O) groups is 1. The van der Waals surface area contributed by atoms with E-state index >= 15 is 0 Å². The average Bonchev–Trinajstić information content (AvgIpc) is 2.70. The molecule has 0 aliphatic carbocycles. The van der Waals surface area contributed by atoms with Gasteiger partial charge in [-0.15, -0.1) is 0 Å². The number of halogens is 1. The minimum absolute atomic E-state index is 0.289. The molecular formula is C21H20ClN3O3. The van der Waals surface area contributed by atoms with E-state index < -0.39 is 0 Å². The van der Waals surface area contributed by atoms with Gasteiger partial charge in [0.15, 0.2) is 0 Å². The minimum Gasteiger partial charge on any atom is -0.495 e. The van der Waals surface area contributed by atoms with Crippen molar-refractivity contribution in [3.05, 3.63) is 71.5 Å². The van der Waals surface area contributed by atoms with Crippen molar-refractivity contribution in [3.8, 4) is 11.5 Å². The quantitative estimate of drug-likeness (QED) is 0.577. The van der Waals surface area contributed by atoms with E-state index in [1.165, 1.54) is 0 Å². The number of amides is 1. The highest BCUT2D eigenvalue weighted by atomic mass is 35.5. The van der Waals surface area contributed by atoms with Gasteiger partial charge < -0.3 is 20.1 Å². The Labute approximate surface area is 168 Å². The van der Waals surface area contributed by atoms with Gasteiger partial charge in [-0.1, -0.05) is 11.6 Å².